The smallest absolute Gasteiger partial charge is 0.0639 e. The molecule has 72 valence electrons. The molecular weight excluding hydrogens is 152 g/mol. The highest BCUT2D eigenvalue weighted by molar-refractivity contribution is 4.81. The van der Waals surface area contributed by atoms with Gasteiger partial charge in [-0.2, -0.15) is 0 Å². The summed E-state index contributed by atoms with van der Waals surface area (Å²) in [6.07, 6.45) is -0.210. The van der Waals surface area contributed by atoms with E-state index < -0.39 is 0 Å². The van der Waals surface area contributed by atoms with Gasteiger partial charge in [0.2, 0.25) is 0 Å². The van der Waals surface area contributed by atoms with Gasteiger partial charge < -0.3 is 10.4 Å². The first kappa shape index (κ1) is 9.96. The van der Waals surface area contributed by atoms with E-state index in [1.807, 2.05) is 6.92 Å². The molecule has 0 saturated carbocycles. The molecule has 1 heterocycles. The number of nitrogens with one attached hydrogen (secondary N) is 1. The molecule has 1 rings (SSSR count). The monoisotopic (exact) mass is 172 g/mol. The average Bonchev–Trinajstić information content (AvgIpc) is 1.96. The molecule has 0 aromatic carbocycles. The van der Waals surface area contributed by atoms with E-state index in [0.717, 1.165) is 19.6 Å². The zero-order valence-electron chi connectivity index (χ0n) is 8.25. The summed E-state index contributed by atoms with van der Waals surface area (Å²) in [5, 5.41) is 12.7. The van der Waals surface area contributed by atoms with Gasteiger partial charge in [0.15, 0.2) is 0 Å². The zero-order chi connectivity index (χ0) is 9.14. The molecule has 3 unspecified atom stereocenters. The summed E-state index contributed by atoms with van der Waals surface area (Å²) in [5.41, 5.74) is 0. The molecular formula is C9H20N2O. The third-order valence-electron chi connectivity index (χ3n) is 2.39. The van der Waals surface area contributed by atoms with Gasteiger partial charge in [0.05, 0.1) is 6.10 Å². The number of hydrogen-bond acceptors (Lipinski definition) is 3. The van der Waals surface area contributed by atoms with Crippen LogP contribution in [-0.4, -0.2) is 47.8 Å². The van der Waals surface area contributed by atoms with Crippen molar-refractivity contribution in [3.63, 3.8) is 0 Å². The number of rotatable bonds is 2. The van der Waals surface area contributed by atoms with E-state index in [9.17, 15) is 5.11 Å². The Balaban J connectivity index is 2.38. The fourth-order valence-electron chi connectivity index (χ4n) is 1.69. The number of aliphatic hydroxyl groups excluding tert-OH is 1. The topological polar surface area (TPSA) is 35.5 Å². The first-order valence-corrected chi connectivity index (χ1v) is 4.75. The Hall–Kier alpha value is -0.120. The molecule has 0 radical (unpaired) electrons. The third kappa shape index (κ3) is 2.73. The van der Waals surface area contributed by atoms with E-state index >= 15 is 0 Å². The van der Waals surface area contributed by atoms with Gasteiger partial charge >= 0.3 is 0 Å². The Labute approximate surface area is 74.8 Å². The Bertz CT molecular complexity index is 136. The standard InChI is InChI=1S/C9H20N2O/c1-7-5-11(6-9(3)12)8(2)4-10-7/h7-10,12H,4-6H2,1-3H3. The second-order valence-corrected chi connectivity index (χ2v) is 3.96. The van der Waals surface area contributed by atoms with Crippen molar-refractivity contribution in [2.45, 2.75) is 39.0 Å². The quantitative estimate of drug-likeness (QED) is 0.618. The highest BCUT2D eigenvalue weighted by Gasteiger charge is 2.22. The van der Waals surface area contributed by atoms with Gasteiger partial charge in [0, 0.05) is 31.7 Å². The highest BCUT2D eigenvalue weighted by atomic mass is 16.3. The fraction of sp³-hybridized carbons (Fsp3) is 1.00. The number of hydrogen-bond donors (Lipinski definition) is 2. The largest absolute Gasteiger partial charge is 0.392 e. The average molecular weight is 172 g/mol. The normalized spacial score (nSPS) is 35.0. The van der Waals surface area contributed by atoms with Crippen LogP contribution in [0.5, 0.6) is 0 Å². The summed E-state index contributed by atoms with van der Waals surface area (Å²) in [5.74, 6) is 0. The van der Waals surface area contributed by atoms with Gasteiger partial charge in [-0.05, 0) is 20.8 Å². The maximum absolute atomic E-state index is 9.25. The Morgan fingerprint density at radius 1 is 1.58 bits per heavy atom. The van der Waals surface area contributed by atoms with Crippen LogP contribution in [0.25, 0.3) is 0 Å². The summed E-state index contributed by atoms with van der Waals surface area (Å²) in [6, 6.07) is 1.11. The molecule has 2 N–H and O–H groups in total. The van der Waals surface area contributed by atoms with E-state index in [0.29, 0.717) is 12.1 Å². The molecule has 3 nitrogen and oxygen atoms in total. The molecule has 0 amide bonds. The summed E-state index contributed by atoms with van der Waals surface area (Å²) >= 11 is 0. The molecule has 1 saturated heterocycles. The van der Waals surface area contributed by atoms with Crippen molar-refractivity contribution in [2.24, 2.45) is 0 Å². The van der Waals surface area contributed by atoms with Crippen LogP contribution in [0.4, 0.5) is 0 Å². The number of piperazine rings is 1. The first-order valence-electron chi connectivity index (χ1n) is 4.75. The van der Waals surface area contributed by atoms with Gasteiger partial charge in [0.25, 0.3) is 0 Å². The van der Waals surface area contributed by atoms with Crippen molar-refractivity contribution >= 4 is 0 Å². The molecule has 0 aliphatic carbocycles. The molecule has 12 heavy (non-hydrogen) atoms. The molecule has 3 heteroatoms. The van der Waals surface area contributed by atoms with E-state index in [2.05, 4.69) is 24.1 Å². The van der Waals surface area contributed by atoms with E-state index in [1.165, 1.54) is 0 Å². The van der Waals surface area contributed by atoms with Crippen molar-refractivity contribution in [3.05, 3.63) is 0 Å². The second kappa shape index (κ2) is 4.21. The second-order valence-electron chi connectivity index (χ2n) is 3.96. The van der Waals surface area contributed by atoms with Crippen molar-refractivity contribution in [1.82, 2.24) is 10.2 Å². The number of aliphatic hydroxyl groups is 1. The third-order valence-corrected chi connectivity index (χ3v) is 2.39. The lowest BCUT2D eigenvalue weighted by molar-refractivity contribution is 0.0773. The SMILES string of the molecule is CC(O)CN1CC(C)NCC1C. The molecule has 3 atom stereocenters. The van der Waals surface area contributed by atoms with Gasteiger partial charge in [-0.25, -0.2) is 0 Å². The van der Waals surface area contributed by atoms with E-state index in [4.69, 9.17) is 0 Å². The van der Waals surface area contributed by atoms with Crippen molar-refractivity contribution < 1.29 is 5.11 Å². The van der Waals surface area contributed by atoms with E-state index in [1.54, 1.807) is 0 Å². The minimum atomic E-state index is -0.210. The highest BCUT2D eigenvalue weighted by Crippen LogP contribution is 2.06. The van der Waals surface area contributed by atoms with Crippen LogP contribution in [0.2, 0.25) is 0 Å². The number of β-amino-alcohol motifs (C(OH)–C–C–N with tert-alkyl or cyclic N) is 1. The Morgan fingerprint density at radius 2 is 2.25 bits per heavy atom. The molecule has 0 aromatic heterocycles. The predicted molar refractivity (Wildman–Crippen MR) is 50.2 cm³/mol. The van der Waals surface area contributed by atoms with Gasteiger partial charge in [-0.15, -0.1) is 0 Å². The van der Waals surface area contributed by atoms with Crippen LogP contribution in [0.3, 0.4) is 0 Å². The Morgan fingerprint density at radius 3 is 2.83 bits per heavy atom. The van der Waals surface area contributed by atoms with Gasteiger partial charge in [0.1, 0.15) is 0 Å². The van der Waals surface area contributed by atoms with Gasteiger partial charge in [-0.3, -0.25) is 4.90 Å². The maximum Gasteiger partial charge on any atom is 0.0639 e. The summed E-state index contributed by atoms with van der Waals surface area (Å²) < 4.78 is 0. The lowest BCUT2D eigenvalue weighted by Gasteiger charge is -2.38. The lowest BCUT2D eigenvalue weighted by Crippen LogP contribution is -2.55. The molecule has 1 aliphatic rings. The number of nitrogens with zero attached hydrogens (tertiary/aromatic N) is 1. The van der Waals surface area contributed by atoms with Crippen molar-refractivity contribution in [3.8, 4) is 0 Å². The molecule has 0 bridgehead atoms. The molecule has 0 aromatic rings. The summed E-state index contributed by atoms with van der Waals surface area (Å²) in [6.45, 7) is 9.11. The molecule has 0 spiro atoms. The van der Waals surface area contributed by atoms with Crippen LogP contribution >= 0.6 is 0 Å². The van der Waals surface area contributed by atoms with E-state index in [-0.39, 0.29) is 6.10 Å². The van der Waals surface area contributed by atoms with Crippen LogP contribution in [0.15, 0.2) is 0 Å². The fourth-order valence-corrected chi connectivity index (χ4v) is 1.69. The van der Waals surface area contributed by atoms with Gasteiger partial charge in [-0.1, -0.05) is 0 Å². The van der Waals surface area contributed by atoms with Crippen LogP contribution in [0, 0.1) is 0 Å². The minimum absolute atomic E-state index is 0.210. The summed E-state index contributed by atoms with van der Waals surface area (Å²) in [7, 11) is 0. The minimum Gasteiger partial charge on any atom is -0.392 e. The van der Waals surface area contributed by atoms with Crippen LogP contribution in [0.1, 0.15) is 20.8 Å². The molecule has 1 fully saturated rings. The summed E-state index contributed by atoms with van der Waals surface area (Å²) in [4.78, 5) is 2.34. The van der Waals surface area contributed by atoms with Crippen LogP contribution in [-0.2, 0) is 0 Å². The first-order chi connectivity index (χ1) is 5.59. The lowest BCUT2D eigenvalue weighted by atomic mass is 10.1. The maximum atomic E-state index is 9.25. The van der Waals surface area contributed by atoms with Crippen molar-refractivity contribution in [1.29, 1.82) is 0 Å². The zero-order valence-corrected chi connectivity index (χ0v) is 8.25. The van der Waals surface area contributed by atoms with Crippen LogP contribution < -0.4 is 5.32 Å². The predicted octanol–water partition coefficient (Wildman–Crippen LogP) is 0.0494. The molecule has 1 aliphatic heterocycles. The Kier molecular flexibility index (Phi) is 3.50. The van der Waals surface area contributed by atoms with Crippen molar-refractivity contribution in [2.75, 3.05) is 19.6 Å².